The van der Waals surface area contributed by atoms with Gasteiger partial charge in [0.2, 0.25) is 0 Å². The van der Waals surface area contributed by atoms with E-state index < -0.39 is 47.4 Å². The summed E-state index contributed by atoms with van der Waals surface area (Å²) in [6.45, 7) is 9.85. The van der Waals surface area contributed by atoms with Gasteiger partial charge in [-0.05, 0) is 60.8 Å². The van der Waals surface area contributed by atoms with Crippen molar-refractivity contribution in [3.05, 3.63) is 0 Å². The minimum absolute atomic E-state index is 0.0334. The average Bonchev–Trinajstić information content (AvgIpc) is 2.40. The van der Waals surface area contributed by atoms with Crippen molar-refractivity contribution >= 4 is 24.1 Å². The number of carboxylic acids is 2. The summed E-state index contributed by atoms with van der Waals surface area (Å²) < 4.78 is 10.0. The van der Waals surface area contributed by atoms with E-state index in [0.29, 0.717) is 0 Å². The first kappa shape index (κ1) is 24.5. The number of ether oxygens (including phenoxy) is 2. The summed E-state index contributed by atoms with van der Waals surface area (Å²) >= 11 is 0. The molecule has 0 heterocycles. The Labute approximate surface area is 158 Å². The Bertz CT molecular complexity index is 500. The van der Waals surface area contributed by atoms with E-state index in [0.717, 1.165) is 0 Å². The standard InChI is InChI=1S/C17H30N2O8/c1-16(2,3)26-14(24)18-10(12(20)21)8-7-9-11(13(22)23)19-15(25)27-17(4,5)6/h10-11H,7-9H2,1-6H3,(H,18,24)(H,19,25)(H,20,21)(H,22,23)/t10-,11-/m1/s1. The highest BCUT2D eigenvalue weighted by atomic mass is 16.6. The van der Waals surface area contributed by atoms with Crippen LogP contribution in [0.4, 0.5) is 9.59 Å². The molecule has 0 bridgehead atoms. The van der Waals surface area contributed by atoms with Gasteiger partial charge in [-0.25, -0.2) is 19.2 Å². The molecule has 27 heavy (non-hydrogen) atoms. The number of carbonyl (C=O) groups is 4. The molecule has 0 radical (unpaired) electrons. The highest BCUT2D eigenvalue weighted by molar-refractivity contribution is 5.80. The topological polar surface area (TPSA) is 151 Å². The Morgan fingerprint density at radius 2 is 1.04 bits per heavy atom. The number of aliphatic carboxylic acids is 2. The molecule has 0 aliphatic rings. The Hall–Kier alpha value is -2.52. The third-order valence-corrected chi connectivity index (χ3v) is 2.96. The van der Waals surface area contributed by atoms with Gasteiger partial charge in [-0.2, -0.15) is 0 Å². The first-order valence-corrected chi connectivity index (χ1v) is 8.55. The van der Waals surface area contributed by atoms with E-state index in [1.165, 1.54) is 0 Å². The van der Waals surface area contributed by atoms with Gasteiger partial charge in [0.1, 0.15) is 23.3 Å². The van der Waals surface area contributed by atoms with Gasteiger partial charge in [-0.3, -0.25) is 0 Å². The van der Waals surface area contributed by atoms with E-state index in [1.807, 2.05) is 0 Å². The number of hydrogen-bond acceptors (Lipinski definition) is 6. The molecule has 0 saturated carbocycles. The van der Waals surface area contributed by atoms with Crippen LogP contribution in [0.15, 0.2) is 0 Å². The summed E-state index contributed by atoms with van der Waals surface area (Å²) in [5, 5.41) is 22.8. The maximum absolute atomic E-state index is 11.7. The number of carboxylic acid groups (broad SMARTS) is 2. The lowest BCUT2D eigenvalue weighted by Crippen LogP contribution is -2.45. The van der Waals surface area contributed by atoms with Gasteiger partial charge in [0.05, 0.1) is 0 Å². The molecule has 10 nitrogen and oxygen atoms in total. The largest absolute Gasteiger partial charge is 0.480 e. The molecule has 0 rings (SSSR count). The van der Waals surface area contributed by atoms with Crippen molar-refractivity contribution in [1.29, 1.82) is 0 Å². The molecule has 0 spiro atoms. The molecule has 2 amide bonds. The second-order valence-corrected chi connectivity index (χ2v) is 8.01. The van der Waals surface area contributed by atoms with Crippen LogP contribution in [0.3, 0.4) is 0 Å². The Morgan fingerprint density at radius 3 is 1.26 bits per heavy atom. The molecular weight excluding hydrogens is 360 g/mol. The van der Waals surface area contributed by atoms with Crippen molar-refractivity contribution in [2.24, 2.45) is 0 Å². The van der Waals surface area contributed by atoms with Gasteiger partial charge in [0.15, 0.2) is 0 Å². The number of carbonyl (C=O) groups excluding carboxylic acids is 2. The smallest absolute Gasteiger partial charge is 0.408 e. The average molecular weight is 390 g/mol. The quantitative estimate of drug-likeness (QED) is 0.492. The predicted octanol–water partition coefficient (Wildman–Crippen LogP) is 2.11. The Balaban J connectivity index is 4.64. The molecular formula is C17H30N2O8. The molecule has 0 aromatic heterocycles. The molecule has 0 aliphatic heterocycles. The van der Waals surface area contributed by atoms with E-state index in [1.54, 1.807) is 41.5 Å². The van der Waals surface area contributed by atoms with Gasteiger partial charge in [0, 0.05) is 0 Å². The van der Waals surface area contributed by atoms with Crippen LogP contribution < -0.4 is 10.6 Å². The van der Waals surface area contributed by atoms with Gasteiger partial charge in [-0.1, -0.05) is 0 Å². The molecule has 10 heteroatoms. The molecule has 0 unspecified atom stereocenters. The molecule has 0 aliphatic carbocycles. The van der Waals surface area contributed by atoms with Crippen LogP contribution in [0, 0.1) is 0 Å². The van der Waals surface area contributed by atoms with Crippen molar-refractivity contribution in [2.75, 3.05) is 0 Å². The minimum Gasteiger partial charge on any atom is -0.480 e. The van der Waals surface area contributed by atoms with Crippen molar-refractivity contribution in [3.8, 4) is 0 Å². The molecule has 0 aromatic rings. The molecule has 4 N–H and O–H groups in total. The summed E-state index contributed by atoms with van der Waals surface area (Å²) in [4.78, 5) is 45.9. The normalized spacial score (nSPS) is 13.9. The highest BCUT2D eigenvalue weighted by Gasteiger charge is 2.27. The van der Waals surface area contributed by atoms with Crippen LogP contribution in [-0.4, -0.2) is 57.6 Å². The van der Waals surface area contributed by atoms with E-state index in [9.17, 15) is 29.4 Å². The van der Waals surface area contributed by atoms with Crippen molar-refractivity contribution in [2.45, 2.75) is 84.1 Å². The molecule has 156 valence electrons. The predicted molar refractivity (Wildman–Crippen MR) is 95.4 cm³/mol. The first-order chi connectivity index (χ1) is 12.1. The summed E-state index contributed by atoms with van der Waals surface area (Å²) in [7, 11) is 0. The fourth-order valence-electron chi connectivity index (χ4n) is 1.94. The fourth-order valence-corrected chi connectivity index (χ4v) is 1.94. The lowest BCUT2D eigenvalue weighted by molar-refractivity contribution is -0.139. The van der Waals surface area contributed by atoms with Gasteiger partial charge in [-0.15, -0.1) is 0 Å². The van der Waals surface area contributed by atoms with Gasteiger partial charge < -0.3 is 30.3 Å². The van der Waals surface area contributed by atoms with Gasteiger partial charge in [0.25, 0.3) is 0 Å². The molecule has 0 fully saturated rings. The third-order valence-electron chi connectivity index (χ3n) is 2.96. The van der Waals surface area contributed by atoms with Crippen molar-refractivity contribution in [1.82, 2.24) is 10.6 Å². The maximum atomic E-state index is 11.7. The summed E-state index contributed by atoms with van der Waals surface area (Å²) in [6.07, 6.45) is -1.70. The second kappa shape index (κ2) is 9.98. The first-order valence-electron chi connectivity index (χ1n) is 8.55. The third kappa shape index (κ3) is 12.5. The summed E-state index contributed by atoms with van der Waals surface area (Å²) in [5.74, 6) is -2.54. The van der Waals surface area contributed by atoms with Gasteiger partial charge >= 0.3 is 24.1 Å². The van der Waals surface area contributed by atoms with E-state index in [4.69, 9.17) is 9.47 Å². The lowest BCUT2D eigenvalue weighted by atomic mass is 10.1. The highest BCUT2D eigenvalue weighted by Crippen LogP contribution is 2.11. The molecule has 0 saturated heterocycles. The molecule has 2 atom stereocenters. The van der Waals surface area contributed by atoms with Crippen molar-refractivity contribution < 1.29 is 38.9 Å². The SMILES string of the molecule is CC(C)(C)OC(=O)N[C@H](CCC[C@@H](NC(=O)OC(C)(C)C)C(=O)O)C(=O)O. The Morgan fingerprint density at radius 1 is 0.741 bits per heavy atom. The van der Waals surface area contributed by atoms with Crippen LogP contribution in [0.5, 0.6) is 0 Å². The Kier molecular flexibility index (Phi) is 9.05. The maximum Gasteiger partial charge on any atom is 0.408 e. The van der Waals surface area contributed by atoms with E-state index in [-0.39, 0.29) is 19.3 Å². The lowest BCUT2D eigenvalue weighted by Gasteiger charge is -2.23. The van der Waals surface area contributed by atoms with Crippen LogP contribution in [0.25, 0.3) is 0 Å². The monoisotopic (exact) mass is 390 g/mol. The summed E-state index contributed by atoms with van der Waals surface area (Å²) in [5.41, 5.74) is -1.56. The van der Waals surface area contributed by atoms with Crippen LogP contribution >= 0.6 is 0 Å². The zero-order chi connectivity index (χ0) is 21.4. The van der Waals surface area contributed by atoms with E-state index >= 15 is 0 Å². The van der Waals surface area contributed by atoms with Crippen LogP contribution in [0.2, 0.25) is 0 Å². The number of alkyl carbamates (subject to hydrolysis) is 2. The van der Waals surface area contributed by atoms with E-state index in [2.05, 4.69) is 10.6 Å². The summed E-state index contributed by atoms with van der Waals surface area (Å²) in [6, 6.07) is -2.48. The number of amides is 2. The number of rotatable bonds is 8. The number of nitrogens with one attached hydrogen (secondary N) is 2. The second-order valence-electron chi connectivity index (χ2n) is 8.01. The fraction of sp³-hybridized carbons (Fsp3) is 0.765. The number of hydrogen-bond donors (Lipinski definition) is 4. The van der Waals surface area contributed by atoms with Crippen LogP contribution in [-0.2, 0) is 19.1 Å². The van der Waals surface area contributed by atoms with Crippen molar-refractivity contribution in [3.63, 3.8) is 0 Å². The minimum atomic E-state index is -1.27. The molecule has 0 aromatic carbocycles. The zero-order valence-electron chi connectivity index (χ0n) is 16.6. The van der Waals surface area contributed by atoms with Crippen LogP contribution in [0.1, 0.15) is 60.8 Å². The zero-order valence-corrected chi connectivity index (χ0v) is 16.6.